The van der Waals surface area contributed by atoms with Crippen LogP contribution in [-0.4, -0.2) is 0 Å². The molecule has 2 aliphatic carbocycles. The summed E-state index contributed by atoms with van der Waals surface area (Å²) in [5.41, 5.74) is 7.84. The summed E-state index contributed by atoms with van der Waals surface area (Å²) in [5, 5.41) is 0. The van der Waals surface area contributed by atoms with Crippen LogP contribution in [0.3, 0.4) is 0 Å². The fourth-order valence-corrected chi connectivity index (χ4v) is 5.90. The molecular weight excluding hydrogens is 360 g/mol. The standard InChI is InChI=1S/C30H40/c1-3-5-6-8-24-11-14-30-22-29(20-19-28(30)21-24)27-17-15-26(16-18-27)25-12-9-23(7-4-2)10-13-25/h3,5,11,14-18,21,23,25,29H,4,6-10,12-13,19-20,22H2,1-2H3/b5-3+. The average molecular weight is 401 g/mol. The summed E-state index contributed by atoms with van der Waals surface area (Å²) in [7, 11) is 0. The summed E-state index contributed by atoms with van der Waals surface area (Å²) in [5.74, 6) is 2.50. The van der Waals surface area contributed by atoms with Crippen LogP contribution in [0.2, 0.25) is 0 Å². The van der Waals surface area contributed by atoms with Gasteiger partial charge in [0.05, 0.1) is 0 Å². The van der Waals surface area contributed by atoms with Gasteiger partial charge in [0.1, 0.15) is 0 Å². The fourth-order valence-electron chi connectivity index (χ4n) is 5.90. The molecule has 1 unspecified atom stereocenters. The van der Waals surface area contributed by atoms with E-state index < -0.39 is 0 Å². The number of rotatable bonds is 7. The molecule has 2 aromatic carbocycles. The van der Waals surface area contributed by atoms with Gasteiger partial charge in [0.15, 0.2) is 0 Å². The van der Waals surface area contributed by atoms with Crippen molar-refractivity contribution in [3.63, 3.8) is 0 Å². The molecule has 0 spiro atoms. The van der Waals surface area contributed by atoms with Crippen molar-refractivity contribution in [2.75, 3.05) is 0 Å². The molecule has 2 aliphatic rings. The molecule has 1 saturated carbocycles. The van der Waals surface area contributed by atoms with Gasteiger partial charge in [0, 0.05) is 0 Å². The maximum atomic E-state index is 2.48. The summed E-state index contributed by atoms with van der Waals surface area (Å²) in [6, 6.07) is 17.1. The molecule has 0 heterocycles. The maximum Gasteiger partial charge on any atom is -0.0118 e. The van der Waals surface area contributed by atoms with Crippen molar-refractivity contribution in [3.8, 4) is 0 Å². The van der Waals surface area contributed by atoms with Crippen LogP contribution in [0.1, 0.15) is 105 Å². The number of aryl methyl sites for hydroxylation is 2. The quantitative estimate of drug-likeness (QED) is 0.408. The van der Waals surface area contributed by atoms with E-state index >= 15 is 0 Å². The van der Waals surface area contributed by atoms with E-state index in [1.54, 1.807) is 22.3 Å². The average Bonchev–Trinajstić information content (AvgIpc) is 2.80. The summed E-state index contributed by atoms with van der Waals surface area (Å²) < 4.78 is 0. The van der Waals surface area contributed by atoms with Crippen LogP contribution in [0.5, 0.6) is 0 Å². The first kappa shape index (κ1) is 21.4. The lowest BCUT2D eigenvalue weighted by atomic mass is 9.76. The molecule has 4 rings (SSSR count). The zero-order valence-electron chi connectivity index (χ0n) is 19.2. The van der Waals surface area contributed by atoms with E-state index in [0.717, 1.165) is 18.3 Å². The van der Waals surface area contributed by atoms with Gasteiger partial charge in [-0.2, -0.15) is 0 Å². The van der Waals surface area contributed by atoms with Crippen molar-refractivity contribution in [3.05, 3.63) is 82.4 Å². The Balaban J connectivity index is 1.35. The Bertz CT molecular complexity index is 818. The summed E-state index contributed by atoms with van der Waals surface area (Å²) in [4.78, 5) is 0. The highest BCUT2D eigenvalue weighted by molar-refractivity contribution is 5.38. The third-order valence-corrected chi connectivity index (χ3v) is 7.76. The SMILES string of the molecule is C/C=C/CCc1ccc2c(c1)CCC(c1ccc(C3CCC(CCC)CC3)cc1)C2. The minimum Gasteiger partial charge on any atom is -0.0917 e. The minimum atomic E-state index is 0.695. The lowest BCUT2D eigenvalue weighted by molar-refractivity contribution is 0.308. The second-order valence-electron chi connectivity index (χ2n) is 9.82. The summed E-state index contributed by atoms with van der Waals surface area (Å²) in [6.07, 6.45) is 19.0. The Morgan fingerprint density at radius 1 is 0.833 bits per heavy atom. The van der Waals surface area contributed by atoms with Crippen LogP contribution in [-0.2, 0) is 19.3 Å². The highest BCUT2D eigenvalue weighted by Gasteiger charge is 2.23. The molecule has 160 valence electrons. The highest BCUT2D eigenvalue weighted by atomic mass is 14.3. The largest absolute Gasteiger partial charge is 0.0917 e. The lowest BCUT2D eigenvalue weighted by Crippen LogP contribution is -2.14. The smallest absolute Gasteiger partial charge is 0.0118 e. The molecule has 0 aromatic heterocycles. The van der Waals surface area contributed by atoms with Crippen molar-refractivity contribution in [1.29, 1.82) is 0 Å². The van der Waals surface area contributed by atoms with Crippen molar-refractivity contribution < 1.29 is 0 Å². The topological polar surface area (TPSA) is 0 Å². The molecule has 0 saturated heterocycles. The maximum absolute atomic E-state index is 2.48. The van der Waals surface area contributed by atoms with Crippen LogP contribution >= 0.6 is 0 Å². The predicted molar refractivity (Wildman–Crippen MR) is 130 cm³/mol. The molecule has 30 heavy (non-hydrogen) atoms. The first-order valence-electron chi connectivity index (χ1n) is 12.6. The van der Waals surface area contributed by atoms with Crippen molar-refractivity contribution in [2.24, 2.45) is 5.92 Å². The number of fused-ring (bicyclic) bond motifs is 1. The zero-order chi connectivity index (χ0) is 20.8. The first-order chi connectivity index (χ1) is 14.8. The Kier molecular flexibility index (Phi) is 7.47. The van der Waals surface area contributed by atoms with Gasteiger partial charge in [-0.3, -0.25) is 0 Å². The molecule has 0 nitrogen and oxygen atoms in total. The predicted octanol–water partition coefficient (Wildman–Crippen LogP) is 8.54. The van der Waals surface area contributed by atoms with Crippen LogP contribution < -0.4 is 0 Å². The Hall–Kier alpha value is -1.82. The van der Waals surface area contributed by atoms with E-state index in [1.807, 2.05) is 0 Å². The van der Waals surface area contributed by atoms with Gasteiger partial charge in [0.25, 0.3) is 0 Å². The molecule has 0 amide bonds. The van der Waals surface area contributed by atoms with Crippen molar-refractivity contribution in [1.82, 2.24) is 0 Å². The summed E-state index contributed by atoms with van der Waals surface area (Å²) in [6.45, 7) is 4.44. The third kappa shape index (κ3) is 5.26. The molecule has 0 bridgehead atoms. The van der Waals surface area contributed by atoms with E-state index in [0.29, 0.717) is 5.92 Å². The van der Waals surface area contributed by atoms with E-state index in [9.17, 15) is 0 Å². The minimum absolute atomic E-state index is 0.695. The van der Waals surface area contributed by atoms with Crippen LogP contribution in [0.25, 0.3) is 0 Å². The first-order valence-corrected chi connectivity index (χ1v) is 12.6. The molecule has 0 radical (unpaired) electrons. The molecular formula is C30H40. The monoisotopic (exact) mass is 400 g/mol. The van der Waals surface area contributed by atoms with Gasteiger partial charge in [-0.25, -0.2) is 0 Å². The van der Waals surface area contributed by atoms with Crippen LogP contribution in [0.15, 0.2) is 54.6 Å². The molecule has 0 aliphatic heterocycles. The van der Waals surface area contributed by atoms with Gasteiger partial charge in [0.2, 0.25) is 0 Å². The third-order valence-electron chi connectivity index (χ3n) is 7.76. The number of benzene rings is 2. The summed E-state index contributed by atoms with van der Waals surface area (Å²) >= 11 is 0. The highest BCUT2D eigenvalue weighted by Crippen LogP contribution is 2.39. The molecule has 1 atom stereocenters. The van der Waals surface area contributed by atoms with E-state index in [-0.39, 0.29) is 0 Å². The Morgan fingerprint density at radius 3 is 2.27 bits per heavy atom. The molecule has 0 heteroatoms. The number of hydrogen-bond donors (Lipinski definition) is 0. The molecule has 1 fully saturated rings. The number of hydrogen-bond acceptors (Lipinski definition) is 0. The van der Waals surface area contributed by atoms with Crippen LogP contribution in [0, 0.1) is 5.92 Å². The van der Waals surface area contributed by atoms with Crippen LogP contribution in [0.4, 0.5) is 0 Å². The molecule has 2 aromatic rings. The van der Waals surface area contributed by atoms with E-state index in [2.05, 4.69) is 68.5 Å². The Labute approximate surface area is 184 Å². The van der Waals surface area contributed by atoms with Gasteiger partial charge in [-0.1, -0.05) is 74.4 Å². The Morgan fingerprint density at radius 2 is 1.57 bits per heavy atom. The van der Waals surface area contributed by atoms with Gasteiger partial charge >= 0.3 is 0 Å². The second kappa shape index (κ2) is 10.5. The van der Waals surface area contributed by atoms with E-state index in [1.165, 1.54) is 69.8 Å². The van der Waals surface area contributed by atoms with Gasteiger partial charge < -0.3 is 0 Å². The van der Waals surface area contributed by atoms with Crippen molar-refractivity contribution >= 4 is 0 Å². The zero-order valence-corrected chi connectivity index (χ0v) is 19.2. The van der Waals surface area contributed by atoms with Gasteiger partial charge in [-0.15, -0.1) is 0 Å². The second-order valence-corrected chi connectivity index (χ2v) is 9.82. The molecule has 0 N–H and O–H groups in total. The lowest BCUT2D eigenvalue weighted by Gasteiger charge is -2.29. The fraction of sp³-hybridized carbons (Fsp3) is 0.533. The normalized spacial score (nSPS) is 24.1. The number of allylic oxidation sites excluding steroid dienone is 2. The van der Waals surface area contributed by atoms with Gasteiger partial charge in [-0.05, 0) is 110 Å². The van der Waals surface area contributed by atoms with Crippen molar-refractivity contribution in [2.45, 2.75) is 96.3 Å². The van der Waals surface area contributed by atoms with E-state index in [4.69, 9.17) is 0 Å².